The van der Waals surface area contributed by atoms with Crippen LogP contribution >= 0.6 is 0 Å². The third-order valence-electron chi connectivity index (χ3n) is 8.25. The highest BCUT2D eigenvalue weighted by Gasteiger charge is 2.45. The van der Waals surface area contributed by atoms with Gasteiger partial charge >= 0.3 is 0 Å². The van der Waals surface area contributed by atoms with Gasteiger partial charge in [0.15, 0.2) is 0 Å². The van der Waals surface area contributed by atoms with Crippen LogP contribution in [0.25, 0.3) is 0 Å². The first-order valence-corrected chi connectivity index (χ1v) is 11.6. The van der Waals surface area contributed by atoms with E-state index in [9.17, 15) is 4.79 Å². The lowest BCUT2D eigenvalue weighted by Gasteiger charge is -2.56. The number of nitrogens with two attached hydrogens (primary N) is 1. The molecule has 2 N–H and O–H groups in total. The summed E-state index contributed by atoms with van der Waals surface area (Å²) in [6, 6.07) is 10.2. The van der Waals surface area contributed by atoms with Crippen molar-refractivity contribution in [3.05, 3.63) is 24.3 Å². The number of hydrogen-bond donors (Lipinski definition) is 1. The number of carbonyl (C=O) groups is 1. The van der Waals surface area contributed by atoms with Gasteiger partial charge in [-0.05, 0) is 68.9 Å². The Morgan fingerprint density at radius 2 is 1.50 bits per heavy atom. The van der Waals surface area contributed by atoms with Crippen LogP contribution in [0.3, 0.4) is 0 Å². The van der Waals surface area contributed by atoms with Gasteiger partial charge in [-0.3, -0.25) is 9.69 Å². The summed E-state index contributed by atoms with van der Waals surface area (Å²) in [5, 5.41) is 0. The van der Waals surface area contributed by atoms with Gasteiger partial charge in [0.05, 0.1) is 11.4 Å². The van der Waals surface area contributed by atoms with Crippen molar-refractivity contribution < 1.29 is 4.79 Å². The summed E-state index contributed by atoms with van der Waals surface area (Å²) >= 11 is 0. The first kappa shape index (κ1) is 18.5. The Hall–Kier alpha value is -1.55. The van der Waals surface area contributed by atoms with E-state index in [4.69, 9.17) is 5.73 Å². The number of fused-ring (bicyclic) bond motifs is 4. The van der Waals surface area contributed by atoms with Crippen molar-refractivity contribution in [2.24, 2.45) is 11.8 Å². The molecule has 2 aliphatic carbocycles. The molecule has 4 atom stereocenters. The van der Waals surface area contributed by atoms with Gasteiger partial charge in [0.25, 0.3) is 0 Å². The third-order valence-corrected chi connectivity index (χ3v) is 8.25. The molecule has 1 aromatic rings. The Morgan fingerprint density at radius 1 is 0.857 bits per heavy atom. The number of benzene rings is 1. The third kappa shape index (κ3) is 3.34. The minimum Gasteiger partial charge on any atom is -0.397 e. The minimum atomic E-state index is 0.289. The molecule has 4 unspecified atom stereocenters. The monoisotopic (exact) mass is 381 g/mol. The zero-order valence-corrected chi connectivity index (χ0v) is 17.0. The molecule has 4 heteroatoms. The summed E-state index contributed by atoms with van der Waals surface area (Å²) in [6.45, 7) is 0. The normalized spacial score (nSPS) is 38.0. The fourth-order valence-electron chi connectivity index (χ4n) is 7.21. The molecule has 4 fully saturated rings. The fraction of sp³-hybridized carbons (Fsp3) is 0.708. The highest BCUT2D eigenvalue weighted by Crippen LogP contribution is 2.46. The van der Waals surface area contributed by atoms with E-state index in [1.165, 1.54) is 57.8 Å². The molecule has 1 aromatic carbocycles. The Labute approximate surface area is 169 Å². The molecule has 2 heterocycles. The second-order valence-electron chi connectivity index (χ2n) is 9.91. The Balaban J connectivity index is 1.35. The van der Waals surface area contributed by atoms with Crippen LogP contribution in [0.4, 0.5) is 11.4 Å². The largest absolute Gasteiger partial charge is 0.397 e. The summed E-state index contributed by atoms with van der Waals surface area (Å²) in [7, 11) is 0. The zero-order chi connectivity index (χ0) is 19.1. The molecule has 4 nitrogen and oxygen atoms in total. The van der Waals surface area contributed by atoms with Crippen LogP contribution in [0.1, 0.15) is 70.6 Å². The van der Waals surface area contributed by atoms with Crippen molar-refractivity contribution in [2.75, 3.05) is 10.6 Å². The molecule has 0 spiro atoms. The van der Waals surface area contributed by atoms with E-state index >= 15 is 0 Å². The van der Waals surface area contributed by atoms with Crippen molar-refractivity contribution in [2.45, 2.75) is 94.8 Å². The Morgan fingerprint density at radius 3 is 2.14 bits per heavy atom. The van der Waals surface area contributed by atoms with Gasteiger partial charge in [-0.2, -0.15) is 0 Å². The van der Waals surface area contributed by atoms with Crippen LogP contribution in [-0.4, -0.2) is 35.5 Å². The van der Waals surface area contributed by atoms with E-state index in [0.29, 0.717) is 17.8 Å². The second kappa shape index (κ2) is 7.70. The SMILES string of the molecule is Nc1ccccc1N(C=O)C1CC2CCCC(C1)N2C1CC2CCCC(C2)C1. The molecule has 4 bridgehead atoms. The van der Waals surface area contributed by atoms with Crippen molar-refractivity contribution in [1.29, 1.82) is 0 Å². The number of rotatable bonds is 4. The van der Waals surface area contributed by atoms with E-state index in [1.807, 2.05) is 29.2 Å². The molecule has 4 aliphatic rings. The molecule has 5 rings (SSSR count). The number of hydrogen-bond acceptors (Lipinski definition) is 3. The van der Waals surface area contributed by atoms with Crippen molar-refractivity contribution in [3.8, 4) is 0 Å². The topological polar surface area (TPSA) is 49.6 Å². The molecule has 2 aliphatic heterocycles. The molecule has 0 aromatic heterocycles. The summed E-state index contributed by atoms with van der Waals surface area (Å²) in [6.07, 6.45) is 15.9. The van der Waals surface area contributed by atoms with Crippen molar-refractivity contribution in [1.82, 2.24) is 4.90 Å². The average molecular weight is 382 g/mol. The lowest BCUT2D eigenvalue weighted by Crippen LogP contribution is -2.61. The van der Waals surface area contributed by atoms with Gasteiger partial charge in [0.1, 0.15) is 0 Å². The van der Waals surface area contributed by atoms with Gasteiger partial charge in [0, 0.05) is 24.2 Å². The molecule has 1 amide bonds. The molecule has 2 saturated carbocycles. The number of amides is 1. The van der Waals surface area contributed by atoms with Crippen LogP contribution in [0.2, 0.25) is 0 Å². The highest BCUT2D eigenvalue weighted by molar-refractivity contribution is 5.83. The maximum Gasteiger partial charge on any atom is 0.214 e. The van der Waals surface area contributed by atoms with Crippen molar-refractivity contribution in [3.63, 3.8) is 0 Å². The Kier molecular flexibility index (Phi) is 5.08. The standard InChI is InChI=1S/C24H35N3O/c25-23-9-1-2-10-24(23)26(16-28)21-14-19-7-4-8-20(15-21)27(19)22-12-17-5-3-6-18(11-17)13-22/h1-2,9-10,16-22H,3-8,11-15,25H2. The van der Waals surface area contributed by atoms with Crippen LogP contribution in [0.5, 0.6) is 0 Å². The number of nitrogens with zero attached hydrogens (tertiary/aromatic N) is 2. The first-order valence-electron chi connectivity index (χ1n) is 11.6. The van der Waals surface area contributed by atoms with E-state index < -0.39 is 0 Å². The molecule has 28 heavy (non-hydrogen) atoms. The van der Waals surface area contributed by atoms with Gasteiger partial charge in [-0.1, -0.05) is 37.8 Å². The van der Waals surface area contributed by atoms with Crippen LogP contribution < -0.4 is 10.6 Å². The van der Waals surface area contributed by atoms with Gasteiger partial charge in [-0.15, -0.1) is 0 Å². The van der Waals surface area contributed by atoms with Crippen LogP contribution in [0, 0.1) is 11.8 Å². The molecule has 0 radical (unpaired) electrons. The minimum absolute atomic E-state index is 0.289. The van der Waals surface area contributed by atoms with Crippen LogP contribution in [0.15, 0.2) is 24.3 Å². The zero-order valence-electron chi connectivity index (χ0n) is 17.0. The molecule has 152 valence electrons. The van der Waals surface area contributed by atoms with Gasteiger partial charge < -0.3 is 10.6 Å². The number of para-hydroxylation sites is 2. The summed E-state index contributed by atoms with van der Waals surface area (Å²) in [5.41, 5.74) is 7.81. The predicted octanol–water partition coefficient (Wildman–Crippen LogP) is 4.59. The number of nitrogen functional groups attached to an aromatic ring is 1. The average Bonchev–Trinajstić information content (AvgIpc) is 2.69. The first-order chi connectivity index (χ1) is 13.7. The van der Waals surface area contributed by atoms with Gasteiger partial charge in [-0.25, -0.2) is 0 Å². The number of anilines is 2. The highest BCUT2D eigenvalue weighted by atomic mass is 16.1. The predicted molar refractivity (Wildman–Crippen MR) is 114 cm³/mol. The lowest BCUT2D eigenvalue weighted by atomic mass is 9.68. The second-order valence-corrected chi connectivity index (χ2v) is 9.91. The lowest BCUT2D eigenvalue weighted by molar-refractivity contribution is -0.108. The Bertz CT molecular complexity index is 681. The van der Waals surface area contributed by atoms with E-state index in [2.05, 4.69) is 4.90 Å². The number of piperidine rings is 2. The van der Waals surface area contributed by atoms with E-state index in [-0.39, 0.29) is 6.04 Å². The smallest absolute Gasteiger partial charge is 0.214 e. The quantitative estimate of drug-likeness (QED) is 0.613. The molecular formula is C24H35N3O. The summed E-state index contributed by atoms with van der Waals surface area (Å²) < 4.78 is 0. The number of carbonyl (C=O) groups excluding carboxylic acids is 1. The molecular weight excluding hydrogens is 346 g/mol. The van der Waals surface area contributed by atoms with E-state index in [1.54, 1.807) is 0 Å². The van der Waals surface area contributed by atoms with Crippen LogP contribution in [-0.2, 0) is 4.79 Å². The van der Waals surface area contributed by atoms with Gasteiger partial charge in [0.2, 0.25) is 6.41 Å². The maximum atomic E-state index is 12.0. The maximum absolute atomic E-state index is 12.0. The summed E-state index contributed by atoms with van der Waals surface area (Å²) in [5.74, 6) is 1.96. The fourth-order valence-corrected chi connectivity index (χ4v) is 7.21. The molecule has 2 saturated heterocycles. The summed E-state index contributed by atoms with van der Waals surface area (Å²) in [4.78, 5) is 16.9. The van der Waals surface area contributed by atoms with Crippen molar-refractivity contribution >= 4 is 17.8 Å². The van der Waals surface area contributed by atoms with E-state index in [0.717, 1.165) is 42.8 Å².